The van der Waals surface area contributed by atoms with Gasteiger partial charge in [0.15, 0.2) is 11.5 Å². The van der Waals surface area contributed by atoms with E-state index in [1.165, 1.54) is 4.57 Å². The maximum Gasteiger partial charge on any atom is 0.434 e. The normalized spacial score (nSPS) is 17.8. The van der Waals surface area contributed by atoms with Crippen molar-refractivity contribution in [2.24, 2.45) is 0 Å². The van der Waals surface area contributed by atoms with Gasteiger partial charge in [-0.2, -0.15) is 13.2 Å². The van der Waals surface area contributed by atoms with Crippen LogP contribution in [0.25, 0.3) is 22.8 Å². The lowest BCUT2D eigenvalue weighted by atomic mass is 10.0. The summed E-state index contributed by atoms with van der Waals surface area (Å²) >= 11 is 0. The summed E-state index contributed by atoms with van der Waals surface area (Å²) in [5.41, 5.74) is 2.33. The first-order valence-corrected chi connectivity index (χ1v) is 13.6. The van der Waals surface area contributed by atoms with Crippen LogP contribution in [0.2, 0.25) is 0 Å². The minimum atomic E-state index is -4.54. The van der Waals surface area contributed by atoms with Crippen molar-refractivity contribution < 1.29 is 22.7 Å². The molecule has 0 fully saturated rings. The number of nitrogens with one attached hydrogen (secondary N) is 1. The van der Waals surface area contributed by atoms with Gasteiger partial charge in [0.2, 0.25) is 0 Å². The Morgan fingerprint density at radius 3 is 2.34 bits per heavy atom. The molecule has 0 spiro atoms. The Morgan fingerprint density at radius 1 is 1.00 bits per heavy atom. The Balaban J connectivity index is 1.48. The lowest BCUT2D eigenvalue weighted by Gasteiger charge is -2.20. The molecule has 2 N–H and O–H groups in total. The summed E-state index contributed by atoms with van der Waals surface area (Å²) in [5, 5.41) is 13.8. The Morgan fingerprint density at radius 2 is 1.71 bits per heavy atom. The largest absolute Gasteiger partial charge is 0.434 e. The van der Waals surface area contributed by atoms with Crippen LogP contribution in [0.4, 0.5) is 23.4 Å². The summed E-state index contributed by atoms with van der Waals surface area (Å²) in [4.78, 5) is 17.5. The summed E-state index contributed by atoms with van der Waals surface area (Å²) in [6, 6.07) is 10.2. The third-order valence-corrected chi connectivity index (χ3v) is 7.30. The number of hydrogen-bond acceptors (Lipinski definition) is 6. The van der Waals surface area contributed by atoms with E-state index in [9.17, 15) is 18.3 Å². The van der Waals surface area contributed by atoms with Gasteiger partial charge in [0.05, 0.1) is 5.69 Å². The Bertz CT molecular complexity index is 1560. The number of aliphatic hydroxyl groups is 1. The molecule has 0 saturated heterocycles. The molecule has 0 bridgehead atoms. The zero-order valence-corrected chi connectivity index (χ0v) is 23.5. The highest BCUT2D eigenvalue weighted by Gasteiger charge is 2.41. The molecular weight excluding hydrogens is 536 g/mol. The van der Waals surface area contributed by atoms with Gasteiger partial charge >= 0.3 is 6.18 Å². The second-order valence-electron chi connectivity index (χ2n) is 11.0. The molecule has 0 saturated carbocycles. The van der Waals surface area contributed by atoms with Gasteiger partial charge in [-0.3, -0.25) is 4.98 Å². The van der Waals surface area contributed by atoms with Crippen LogP contribution in [-0.2, 0) is 18.5 Å². The quantitative estimate of drug-likeness (QED) is 0.227. The van der Waals surface area contributed by atoms with Gasteiger partial charge in [-0.1, -0.05) is 38.1 Å². The highest BCUT2D eigenvalue weighted by molar-refractivity contribution is 5.64. The van der Waals surface area contributed by atoms with E-state index in [2.05, 4.69) is 20.3 Å². The van der Waals surface area contributed by atoms with Crippen molar-refractivity contribution in [3.05, 3.63) is 77.0 Å². The Hall–Kier alpha value is -3.86. The minimum absolute atomic E-state index is 0.0490. The zero-order chi connectivity index (χ0) is 29.7. The third-order valence-electron chi connectivity index (χ3n) is 7.30. The number of alkyl halides is 4. The summed E-state index contributed by atoms with van der Waals surface area (Å²) < 4.78 is 56.6. The molecule has 0 amide bonds. The van der Waals surface area contributed by atoms with Gasteiger partial charge in [0.1, 0.15) is 17.3 Å². The molecule has 1 aliphatic carbocycles. The molecule has 7 nitrogen and oxygen atoms in total. The molecule has 216 valence electrons. The van der Waals surface area contributed by atoms with E-state index >= 15 is 4.39 Å². The van der Waals surface area contributed by atoms with Crippen LogP contribution < -0.4 is 5.32 Å². The zero-order valence-electron chi connectivity index (χ0n) is 23.5. The molecule has 3 heterocycles. The van der Waals surface area contributed by atoms with E-state index < -0.39 is 17.7 Å². The first kappa shape index (κ1) is 28.7. The second-order valence-corrected chi connectivity index (χ2v) is 11.0. The van der Waals surface area contributed by atoms with E-state index in [-0.39, 0.29) is 48.2 Å². The predicted octanol–water partition coefficient (Wildman–Crippen LogP) is 7.36. The van der Waals surface area contributed by atoms with Crippen LogP contribution in [0.3, 0.4) is 0 Å². The van der Waals surface area contributed by atoms with Crippen molar-refractivity contribution in [3.63, 3.8) is 0 Å². The fraction of sp³-hybridized carbons (Fsp3) is 0.400. The molecule has 41 heavy (non-hydrogen) atoms. The topological polar surface area (TPSA) is 88.8 Å². The number of nitrogens with zero attached hydrogens (tertiary/aromatic N) is 5. The van der Waals surface area contributed by atoms with Crippen molar-refractivity contribution in [2.75, 3.05) is 5.32 Å². The number of pyridine rings is 1. The molecule has 1 aliphatic rings. The molecule has 0 radical (unpaired) electrons. The number of fused-ring (bicyclic) bond motifs is 1. The van der Waals surface area contributed by atoms with Crippen LogP contribution in [0.15, 0.2) is 48.8 Å². The number of imidazole rings is 1. The molecule has 2 atom stereocenters. The Labute approximate surface area is 235 Å². The van der Waals surface area contributed by atoms with E-state index in [4.69, 9.17) is 4.98 Å². The van der Waals surface area contributed by atoms with Gasteiger partial charge < -0.3 is 15.0 Å². The van der Waals surface area contributed by atoms with Crippen molar-refractivity contribution in [1.29, 1.82) is 0 Å². The predicted molar refractivity (Wildman–Crippen MR) is 148 cm³/mol. The number of rotatable bonds is 7. The van der Waals surface area contributed by atoms with Crippen LogP contribution in [0.1, 0.15) is 87.2 Å². The average molecular weight is 569 g/mol. The Kier molecular flexibility index (Phi) is 7.35. The first-order chi connectivity index (χ1) is 19.3. The average Bonchev–Trinajstić information content (AvgIpc) is 3.51. The fourth-order valence-corrected chi connectivity index (χ4v) is 5.10. The maximum atomic E-state index is 15.1. The SMILES string of the molecule is CC(C)c1ncccc1-c1nc(N[C@H](C)c2ccc(-c3nc(C(F)(F)F)cn3C(C)C)cc2)c2c(n1)C(O)(F)CC2. The van der Waals surface area contributed by atoms with Gasteiger partial charge in [0, 0.05) is 47.6 Å². The molecule has 5 rings (SSSR count). The van der Waals surface area contributed by atoms with Gasteiger partial charge in [-0.25, -0.2) is 19.3 Å². The van der Waals surface area contributed by atoms with Crippen molar-refractivity contribution >= 4 is 5.82 Å². The van der Waals surface area contributed by atoms with E-state index in [0.717, 1.165) is 17.5 Å². The van der Waals surface area contributed by atoms with Crippen molar-refractivity contribution in [3.8, 4) is 22.8 Å². The number of benzene rings is 1. The maximum absolute atomic E-state index is 15.1. The highest BCUT2D eigenvalue weighted by Crippen LogP contribution is 2.42. The standard InChI is InChI=1S/C30H32F4N6O/c1-16(2)24-21(7-6-14-35-24)26-38-25-22(12-13-29(25,31)41)27(39-26)36-18(5)19-8-10-20(11-9-19)28-37-23(30(32,33)34)15-40(28)17(3)4/h6-11,14-18,41H,12-13H2,1-5H3,(H,36,38,39)/t18-,29?/m1/s1. The van der Waals surface area contributed by atoms with Gasteiger partial charge in [-0.05, 0) is 50.8 Å². The van der Waals surface area contributed by atoms with Gasteiger partial charge in [0.25, 0.3) is 5.85 Å². The minimum Gasteiger partial charge on any atom is -0.363 e. The molecule has 1 aromatic carbocycles. The third kappa shape index (κ3) is 5.55. The number of halogens is 4. The second kappa shape index (κ2) is 10.5. The van der Waals surface area contributed by atoms with E-state index in [0.29, 0.717) is 22.5 Å². The number of anilines is 1. The van der Waals surface area contributed by atoms with Gasteiger partial charge in [-0.15, -0.1) is 0 Å². The van der Waals surface area contributed by atoms with E-state index in [1.54, 1.807) is 38.2 Å². The molecule has 1 unspecified atom stereocenters. The van der Waals surface area contributed by atoms with E-state index in [1.807, 2.05) is 39.0 Å². The molecular formula is C30H32F4N6O. The molecule has 3 aromatic heterocycles. The first-order valence-electron chi connectivity index (χ1n) is 13.6. The lowest BCUT2D eigenvalue weighted by molar-refractivity contribution is -0.140. The molecule has 4 aromatic rings. The highest BCUT2D eigenvalue weighted by atomic mass is 19.4. The number of aromatic nitrogens is 5. The van der Waals surface area contributed by atoms with Crippen molar-refractivity contribution in [1.82, 2.24) is 24.5 Å². The fourth-order valence-electron chi connectivity index (χ4n) is 5.10. The van der Waals surface area contributed by atoms with Crippen molar-refractivity contribution in [2.45, 2.75) is 77.5 Å². The number of hydrogen-bond donors (Lipinski definition) is 2. The van der Waals surface area contributed by atoms with Crippen LogP contribution in [0, 0.1) is 0 Å². The summed E-state index contributed by atoms with van der Waals surface area (Å²) in [6.07, 6.45) is -1.68. The summed E-state index contributed by atoms with van der Waals surface area (Å²) in [7, 11) is 0. The van der Waals surface area contributed by atoms with Crippen LogP contribution >= 0.6 is 0 Å². The summed E-state index contributed by atoms with van der Waals surface area (Å²) in [6.45, 7) is 9.49. The lowest BCUT2D eigenvalue weighted by Crippen LogP contribution is -2.18. The monoisotopic (exact) mass is 568 g/mol. The van der Waals surface area contributed by atoms with Crippen LogP contribution in [-0.4, -0.2) is 29.6 Å². The summed E-state index contributed by atoms with van der Waals surface area (Å²) in [5.74, 6) is -1.58. The molecule has 0 aliphatic heterocycles. The molecule has 11 heteroatoms. The van der Waals surface area contributed by atoms with Crippen LogP contribution in [0.5, 0.6) is 0 Å². The smallest absolute Gasteiger partial charge is 0.363 e.